The molecule has 0 atom stereocenters. The minimum Gasteiger partial charge on any atom is -0.465 e. The SMILES string of the molecule is Cc1oc(C(C)(C)C)cc1-c1nc(-c2ccc(OC(F)(F)F)cc2)no1. The van der Waals surface area contributed by atoms with E-state index in [0.29, 0.717) is 16.9 Å². The molecule has 0 bridgehead atoms. The topological polar surface area (TPSA) is 61.3 Å². The van der Waals surface area contributed by atoms with E-state index in [1.165, 1.54) is 24.3 Å². The number of benzene rings is 1. The summed E-state index contributed by atoms with van der Waals surface area (Å²) in [6.07, 6.45) is -4.73. The zero-order valence-corrected chi connectivity index (χ0v) is 14.6. The van der Waals surface area contributed by atoms with Gasteiger partial charge >= 0.3 is 6.36 Å². The van der Waals surface area contributed by atoms with Gasteiger partial charge in [0.15, 0.2) is 0 Å². The summed E-state index contributed by atoms with van der Waals surface area (Å²) in [7, 11) is 0. The smallest absolute Gasteiger partial charge is 0.465 e. The van der Waals surface area contributed by atoms with Crippen LogP contribution >= 0.6 is 0 Å². The molecule has 0 aliphatic carbocycles. The Morgan fingerprint density at radius 3 is 2.23 bits per heavy atom. The molecular weight excluding hydrogens is 349 g/mol. The molecule has 0 saturated carbocycles. The number of rotatable bonds is 3. The predicted molar refractivity (Wildman–Crippen MR) is 87.6 cm³/mol. The molecule has 8 heteroatoms. The van der Waals surface area contributed by atoms with Crippen LogP contribution in [0.3, 0.4) is 0 Å². The maximum absolute atomic E-state index is 12.2. The van der Waals surface area contributed by atoms with E-state index in [1.54, 1.807) is 6.92 Å². The van der Waals surface area contributed by atoms with Crippen molar-refractivity contribution in [3.63, 3.8) is 0 Å². The molecule has 3 aromatic rings. The molecule has 3 rings (SSSR count). The van der Waals surface area contributed by atoms with Crippen LogP contribution in [0.1, 0.15) is 32.3 Å². The molecule has 0 N–H and O–H groups in total. The van der Waals surface area contributed by atoms with E-state index in [0.717, 1.165) is 5.76 Å². The third-order valence-electron chi connectivity index (χ3n) is 3.66. The van der Waals surface area contributed by atoms with Gasteiger partial charge in [0.2, 0.25) is 5.82 Å². The third-order valence-corrected chi connectivity index (χ3v) is 3.66. The van der Waals surface area contributed by atoms with Gasteiger partial charge in [-0.2, -0.15) is 4.98 Å². The van der Waals surface area contributed by atoms with Gasteiger partial charge in [-0.1, -0.05) is 25.9 Å². The average molecular weight is 366 g/mol. The fourth-order valence-electron chi connectivity index (χ4n) is 2.32. The number of ether oxygens (including phenoxy) is 1. The lowest BCUT2D eigenvalue weighted by atomic mass is 9.93. The Hall–Kier alpha value is -2.77. The summed E-state index contributed by atoms with van der Waals surface area (Å²) in [5.74, 6) is 1.67. The maximum atomic E-state index is 12.2. The molecule has 1 aromatic carbocycles. The molecule has 0 spiro atoms. The molecular formula is C18H17F3N2O3. The molecule has 0 aliphatic heterocycles. The van der Waals surface area contributed by atoms with Gasteiger partial charge in [0.1, 0.15) is 17.3 Å². The molecule has 0 amide bonds. The number of aryl methyl sites for hydroxylation is 1. The first-order valence-corrected chi connectivity index (χ1v) is 7.84. The molecule has 2 aromatic heterocycles. The molecule has 0 fully saturated rings. The summed E-state index contributed by atoms with van der Waals surface area (Å²) < 4.78 is 51.5. The van der Waals surface area contributed by atoms with Crippen molar-refractivity contribution in [1.82, 2.24) is 10.1 Å². The van der Waals surface area contributed by atoms with Crippen LogP contribution in [0.25, 0.3) is 22.8 Å². The molecule has 138 valence electrons. The Morgan fingerprint density at radius 1 is 1.04 bits per heavy atom. The molecule has 0 radical (unpaired) electrons. The van der Waals surface area contributed by atoms with Crippen LogP contribution in [0.15, 0.2) is 39.3 Å². The highest BCUT2D eigenvalue weighted by atomic mass is 19.4. The third kappa shape index (κ3) is 3.89. The van der Waals surface area contributed by atoms with Crippen molar-refractivity contribution in [3.05, 3.63) is 41.9 Å². The minimum atomic E-state index is -4.73. The first-order chi connectivity index (χ1) is 12.0. The Labute approximate surface area is 147 Å². The van der Waals surface area contributed by atoms with E-state index >= 15 is 0 Å². The van der Waals surface area contributed by atoms with Crippen LogP contribution in [0.4, 0.5) is 13.2 Å². The second-order valence-corrected chi connectivity index (χ2v) is 6.83. The Morgan fingerprint density at radius 2 is 1.69 bits per heavy atom. The maximum Gasteiger partial charge on any atom is 0.573 e. The van der Waals surface area contributed by atoms with Crippen LogP contribution < -0.4 is 4.74 Å². The van der Waals surface area contributed by atoms with E-state index in [4.69, 9.17) is 8.94 Å². The van der Waals surface area contributed by atoms with E-state index in [1.807, 2.05) is 26.8 Å². The van der Waals surface area contributed by atoms with E-state index < -0.39 is 6.36 Å². The first kappa shape index (κ1) is 18.0. The van der Waals surface area contributed by atoms with Gasteiger partial charge < -0.3 is 13.7 Å². The highest BCUT2D eigenvalue weighted by Crippen LogP contribution is 2.33. The molecule has 26 heavy (non-hydrogen) atoms. The van der Waals surface area contributed by atoms with Crippen molar-refractivity contribution in [1.29, 1.82) is 0 Å². The predicted octanol–water partition coefficient (Wildman–Crippen LogP) is 5.50. The zero-order valence-electron chi connectivity index (χ0n) is 14.6. The van der Waals surface area contributed by atoms with Crippen LogP contribution in [-0.2, 0) is 5.41 Å². The number of nitrogens with zero attached hydrogens (tertiary/aromatic N) is 2. The van der Waals surface area contributed by atoms with Crippen molar-refractivity contribution < 1.29 is 26.8 Å². The van der Waals surface area contributed by atoms with Crippen molar-refractivity contribution in [2.45, 2.75) is 39.5 Å². The van der Waals surface area contributed by atoms with Crippen LogP contribution in [0, 0.1) is 6.92 Å². The fraction of sp³-hybridized carbons (Fsp3) is 0.333. The van der Waals surface area contributed by atoms with Crippen molar-refractivity contribution in [2.75, 3.05) is 0 Å². The lowest BCUT2D eigenvalue weighted by Gasteiger charge is -2.13. The number of alkyl halides is 3. The van der Waals surface area contributed by atoms with Crippen LogP contribution in [-0.4, -0.2) is 16.5 Å². The highest BCUT2D eigenvalue weighted by molar-refractivity contribution is 5.62. The summed E-state index contributed by atoms with van der Waals surface area (Å²) in [6.45, 7) is 7.88. The lowest BCUT2D eigenvalue weighted by Crippen LogP contribution is -2.16. The van der Waals surface area contributed by atoms with E-state index in [2.05, 4.69) is 14.9 Å². The summed E-state index contributed by atoms with van der Waals surface area (Å²) in [5.41, 5.74) is 1.03. The molecule has 0 aliphatic rings. The summed E-state index contributed by atoms with van der Waals surface area (Å²) in [6, 6.07) is 7.10. The summed E-state index contributed by atoms with van der Waals surface area (Å²) in [4.78, 5) is 4.31. The van der Waals surface area contributed by atoms with E-state index in [-0.39, 0.29) is 22.9 Å². The summed E-state index contributed by atoms with van der Waals surface area (Å²) >= 11 is 0. The molecule has 0 unspecified atom stereocenters. The monoisotopic (exact) mass is 366 g/mol. The number of hydrogen-bond acceptors (Lipinski definition) is 5. The van der Waals surface area contributed by atoms with Crippen molar-refractivity contribution >= 4 is 0 Å². The van der Waals surface area contributed by atoms with Gasteiger partial charge in [0.25, 0.3) is 5.89 Å². The molecule has 0 saturated heterocycles. The fourth-order valence-corrected chi connectivity index (χ4v) is 2.32. The number of aromatic nitrogens is 2. The number of halogens is 3. The number of furan rings is 1. The quantitative estimate of drug-likeness (QED) is 0.612. The van der Waals surface area contributed by atoms with E-state index in [9.17, 15) is 13.2 Å². The largest absolute Gasteiger partial charge is 0.573 e. The van der Waals surface area contributed by atoms with Gasteiger partial charge in [-0.25, -0.2) is 0 Å². The van der Waals surface area contributed by atoms with Crippen molar-refractivity contribution in [3.8, 4) is 28.6 Å². The highest BCUT2D eigenvalue weighted by Gasteiger charge is 2.31. The van der Waals surface area contributed by atoms with Gasteiger partial charge in [-0.15, -0.1) is 13.2 Å². The van der Waals surface area contributed by atoms with Crippen LogP contribution in [0.2, 0.25) is 0 Å². The Balaban J connectivity index is 1.85. The minimum absolute atomic E-state index is 0.166. The molecule has 5 nitrogen and oxygen atoms in total. The van der Waals surface area contributed by atoms with Gasteiger partial charge in [0.05, 0.1) is 5.56 Å². The summed E-state index contributed by atoms with van der Waals surface area (Å²) in [5, 5.41) is 3.89. The van der Waals surface area contributed by atoms with Gasteiger partial charge in [-0.3, -0.25) is 0 Å². The Bertz CT molecular complexity index is 903. The normalized spacial score (nSPS) is 12.4. The number of hydrogen-bond donors (Lipinski definition) is 0. The Kier molecular flexibility index (Phi) is 4.29. The standard InChI is InChI=1S/C18H17F3N2O3/c1-10-13(9-14(24-10)17(2,3)4)16-22-15(23-26-16)11-5-7-12(8-6-11)25-18(19,20)21/h5-9H,1-4H3. The van der Waals surface area contributed by atoms with Crippen molar-refractivity contribution in [2.24, 2.45) is 0 Å². The first-order valence-electron chi connectivity index (χ1n) is 7.84. The van der Waals surface area contributed by atoms with Crippen LogP contribution in [0.5, 0.6) is 5.75 Å². The zero-order chi connectivity index (χ0) is 19.1. The lowest BCUT2D eigenvalue weighted by molar-refractivity contribution is -0.274. The molecule has 2 heterocycles. The average Bonchev–Trinajstić information content (AvgIpc) is 3.12. The van der Waals surface area contributed by atoms with Gasteiger partial charge in [-0.05, 0) is 37.3 Å². The second-order valence-electron chi connectivity index (χ2n) is 6.83. The van der Waals surface area contributed by atoms with Gasteiger partial charge in [0, 0.05) is 11.0 Å². The second kappa shape index (κ2) is 6.19.